The fourth-order valence-corrected chi connectivity index (χ4v) is 3.05. The van der Waals surface area contributed by atoms with Gasteiger partial charge in [-0.05, 0) is 18.6 Å². The summed E-state index contributed by atoms with van der Waals surface area (Å²) in [6.07, 6.45) is 0.833. The van der Waals surface area contributed by atoms with Gasteiger partial charge in [0.25, 0.3) is 0 Å². The molecule has 3 rings (SSSR count). The van der Waals surface area contributed by atoms with E-state index < -0.39 is 6.04 Å². The molecule has 3 amide bonds. The van der Waals surface area contributed by atoms with Crippen molar-refractivity contribution >= 4 is 17.6 Å². The van der Waals surface area contributed by atoms with Gasteiger partial charge >= 0.3 is 6.03 Å². The highest BCUT2D eigenvalue weighted by Gasteiger charge is 2.31. The van der Waals surface area contributed by atoms with Crippen LogP contribution in [0.15, 0.2) is 24.3 Å². The Morgan fingerprint density at radius 3 is 2.78 bits per heavy atom. The number of rotatable bonds is 2. The van der Waals surface area contributed by atoms with Crippen molar-refractivity contribution in [2.45, 2.75) is 12.5 Å². The first-order chi connectivity index (χ1) is 11.2. The minimum atomic E-state index is -0.472. The summed E-state index contributed by atoms with van der Waals surface area (Å²) in [5.74, 6) is -0.0428. The fourth-order valence-electron chi connectivity index (χ4n) is 3.05. The molecular formula is C16H19N5O2. The quantitative estimate of drug-likeness (QED) is 0.821. The van der Waals surface area contributed by atoms with E-state index in [1.54, 1.807) is 4.90 Å². The summed E-state index contributed by atoms with van der Waals surface area (Å²) in [5.41, 5.74) is 1.57. The van der Waals surface area contributed by atoms with Crippen LogP contribution in [0.5, 0.6) is 0 Å². The van der Waals surface area contributed by atoms with Crippen LogP contribution in [0, 0.1) is 11.3 Å². The fraction of sp³-hybridized carbons (Fsp3) is 0.438. The van der Waals surface area contributed by atoms with E-state index in [0.29, 0.717) is 31.7 Å². The average molecular weight is 313 g/mol. The van der Waals surface area contributed by atoms with Crippen LogP contribution < -0.4 is 15.5 Å². The van der Waals surface area contributed by atoms with E-state index >= 15 is 0 Å². The minimum Gasteiger partial charge on any atom is -0.369 e. The Kier molecular flexibility index (Phi) is 4.33. The van der Waals surface area contributed by atoms with Gasteiger partial charge in [0.15, 0.2) is 0 Å². The zero-order valence-corrected chi connectivity index (χ0v) is 12.8. The summed E-state index contributed by atoms with van der Waals surface area (Å²) in [4.78, 5) is 27.6. The molecule has 0 unspecified atom stereocenters. The SMILES string of the molecule is N#Cc1ccccc1N1CCCN(C(=O)[C@@H]2CNC(=O)N2)CC1. The highest BCUT2D eigenvalue weighted by molar-refractivity contribution is 5.90. The molecule has 120 valence electrons. The van der Waals surface area contributed by atoms with Gasteiger partial charge < -0.3 is 20.4 Å². The molecular weight excluding hydrogens is 294 g/mol. The number of nitrogens with zero attached hydrogens (tertiary/aromatic N) is 3. The van der Waals surface area contributed by atoms with E-state index in [0.717, 1.165) is 18.7 Å². The molecule has 0 radical (unpaired) electrons. The van der Waals surface area contributed by atoms with Crippen molar-refractivity contribution in [1.82, 2.24) is 15.5 Å². The number of urea groups is 1. The van der Waals surface area contributed by atoms with E-state index in [1.165, 1.54) is 0 Å². The van der Waals surface area contributed by atoms with Gasteiger partial charge in [-0.1, -0.05) is 12.1 Å². The number of nitriles is 1. The molecule has 1 aromatic carbocycles. The lowest BCUT2D eigenvalue weighted by atomic mass is 10.1. The van der Waals surface area contributed by atoms with Gasteiger partial charge in [0.1, 0.15) is 12.1 Å². The lowest BCUT2D eigenvalue weighted by Crippen LogP contribution is -2.46. The first-order valence-electron chi connectivity index (χ1n) is 7.76. The minimum absolute atomic E-state index is 0.0428. The number of carbonyl (C=O) groups excluding carboxylic acids is 2. The number of carbonyl (C=O) groups is 2. The molecule has 0 aliphatic carbocycles. The van der Waals surface area contributed by atoms with Crippen molar-refractivity contribution in [3.8, 4) is 6.07 Å². The third-order valence-electron chi connectivity index (χ3n) is 4.24. The summed E-state index contributed by atoms with van der Waals surface area (Å²) in [6.45, 7) is 3.08. The first kappa shape index (κ1) is 15.2. The molecule has 7 nitrogen and oxygen atoms in total. The summed E-state index contributed by atoms with van der Waals surface area (Å²) in [6, 6.07) is 8.98. The van der Waals surface area contributed by atoms with Gasteiger partial charge in [-0.3, -0.25) is 4.79 Å². The molecule has 2 heterocycles. The molecule has 0 bridgehead atoms. The number of para-hydroxylation sites is 1. The maximum absolute atomic E-state index is 12.5. The lowest BCUT2D eigenvalue weighted by Gasteiger charge is -2.25. The largest absolute Gasteiger partial charge is 0.369 e. The molecule has 23 heavy (non-hydrogen) atoms. The molecule has 2 saturated heterocycles. The van der Waals surface area contributed by atoms with Crippen LogP contribution in [0.25, 0.3) is 0 Å². The van der Waals surface area contributed by atoms with Gasteiger partial charge in [-0.25, -0.2) is 4.79 Å². The predicted molar refractivity (Wildman–Crippen MR) is 84.9 cm³/mol. The molecule has 0 spiro atoms. The molecule has 1 aromatic rings. The Bertz CT molecular complexity index is 654. The smallest absolute Gasteiger partial charge is 0.315 e. The van der Waals surface area contributed by atoms with Crippen molar-refractivity contribution in [1.29, 1.82) is 5.26 Å². The van der Waals surface area contributed by atoms with E-state index in [4.69, 9.17) is 0 Å². The van der Waals surface area contributed by atoms with Gasteiger partial charge in [0, 0.05) is 32.7 Å². The highest BCUT2D eigenvalue weighted by Crippen LogP contribution is 2.21. The van der Waals surface area contributed by atoms with E-state index in [-0.39, 0.29) is 11.9 Å². The third-order valence-corrected chi connectivity index (χ3v) is 4.24. The molecule has 0 aromatic heterocycles. The maximum atomic E-state index is 12.5. The zero-order chi connectivity index (χ0) is 16.2. The molecule has 2 N–H and O–H groups in total. The van der Waals surface area contributed by atoms with Crippen LogP contribution in [0.3, 0.4) is 0 Å². The van der Waals surface area contributed by atoms with Crippen LogP contribution in [0.2, 0.25) is 0 Å². The number of hydrogen-bond donors (Lipinski definition) is 2. The number of benzene rings is 1. The van der Waals surface area contributed by atoms with E-state index in [1.807, 2.05) is 24.3 Å². The summed E-state index contributed by atoms with van der Waals surface area (Å²) >= 11 is 0. The monoisotopic (exact) mass is 313 g/mol. The second-order valence-electron chi connectivity index (χ2n) is 5.70. The number of nitrogens with one attached hydrogen (secondary N) is 2. The van der Waals surface area contributed by atoms with Crippen molar-refractivity contribution in [3.05, 3.63) is 29.8 Å². The molecule has 2 aliphatic heterocycles. The van der Waals surface area contributed by atoms with E-state index in [2.05, 4.69) is 21.6 Å². The van der Waals surface area contributed by atoms with Crippen LogP contribution in [0.4, 0.5) is 10.5 Å². The third kappa shape index (κ3) is 3.21. The lowest BCUT2D eigenvalue weighted by molar-refractivity contribution is -0.132. The average Bonchev–Trinajstić information content (AvgIpc) is 2.87. The van der Waals surface area contributed by atoms with E-state index in [9.17, 15) is 14.9 Å². The highest BCUT2D eigenvalue weighted by atomic mass is 16.2. The number of hydrogen-bond acceptors (Lipinski definition) is 4. The topological polar surface area (TPSA) is 88.5 Å². The second kappa shape index (κ2) is 6.57. The van der Waals surface area contributed by atoms with Crippen molar-refractivity contribution in [2.75, 3.05) is 37.6 Å². The Hall–Kier alpha value is -2.75. The second-order valence-corrected chi connectivity index (χ2v) is 5.70. The molecule has 2 aliphatic rings. The van der Waals surface area contributed by atoms with Crippen molar-refractivity contribution in [3.63, 3.8) is 0 Å². The molecule has 0 saturated carbocycles. The maximum Gasteiger partial charge on any atom is 0.315 e. The Balaban J connectivity index is 1.66. The zero-order valence-electron chi connectivity index (χ0n) is 12.8. The molecule has 7 heteroatoms. The Morgan fingerprint density at radius 2 is 2.04 bits per heavy atom. The normalized spacial score (nSPS) is 21.2. The van der Waals surface area contributed by atoms with Crippen LogP contribution in [-0.4, -0.2) is 55.6 Å². The van der Waals surface area contributed by atoms with Crippen LogP contribution in [-0.2, 0) is 4.79 Å². The Labute approximate surface area is 134 Å². The Morgan fingerprint density at radius 1 is 1.22 bits per heavy atom. The van der Waals surface area contributed by atoms with Crippen LogP contribution in [0.1, 0.15) is 12.0 Å². The number of amides is 3. The van der Waals surface area contributed by atoms with Gasteiger partial charge in [0.05, 0.1) is 11.3 Å². The summed E-state index contributed by atoms with van der Waals surface area (Å²) in [7, 11) is 0. The number of anilines is 1. The molecule has 2 fully saturated rings. The van der Waals surface area contributed by atoms with Gasteiger partial charge in [0.2, 0.25) is 5.91 Å². The van der Waals surface area contributed by atoms with Gasteiger partial charge in [-0.15, -0.1) is 0 Å². The predicted octanol–water partition coefficient (Wildman–Crippen LogP) is 0.278. The van der Waals surface area contributed by atoms with Crippen molar-refractivity contribution < 1.29 is 9.59 Å². The molecule has 1 atom stereocenters. The first-order valence-corrected chi connectivity index (χ1v) is 7.76. The standard InChI is InChI=1S/C16H19N5O2/c17-10-12-4-1-2-5-14(12)20-6-3-7-21(9-8-20)15(22)13-11-18-16(23)19-13/h1-2,4-5,13H,3,6-9,11H2,(H2,18,19,23)/t13-/m0/s1. The summed E-state index contributed by atoms with van der Waals surface area (Å²) in [5, 5.41) is 14.5. The van der Waals surface area contributed by atoms with Crippen molar-refractivity contribution in [2.24, 2.45) is 0 Å². The summed E-state index contributed by atoms with van der Waals surface area (Å²) < 4.78 is 0. The van der Waals surface area contributed by atoms with Gasteiger partial charge in [-0.2, -0.15) is 5.26 Å². The van der Waals surface area contributed by atoms with Crippen LogP contribution >= 0.6 is 0 Å².